The Kier molecular flexibility index (Phi) is 7.28. The number of cyclic esters (lactones) is 1. The van der Waals surface area contributed by atoms with Crippen molar-refractivity contribution in [2.24, 2.45) is 18.9 Å². The molecule has 39 heavy (non-hydrogen) atoms. The van der Waals surface area contributed by atoms with Crippen molar-refractivity contribution in [1.82, 2.24) is 9.55 Å². The fourth-order valence-electron chi connectivity index (χ4n) is 6.29. The molecular weight excluding hydrogens is 517 g/mol. The number of carbonyl (C=O) groups is 2. The molecule has 2 aliphatic rings. The van der Waals surface area contributed by atoms with Crippen LogP contribution in [0.15, 0.2) is 36.4 Å². The molecule has 0 N–H and O–H groups in total. The van der Waals surface area contributed by atoms with Gasteiger partial charge in [0.05, 0.1) is 16.6 Å². The topological polar surface area (TPSA) is 65.5 Å². The third-order valence-electron chi connectivity index (χ3n) is 8.68. The van der Waals surface area contributed by atoms with Gasteiger partial charge in [-0.05, 0) is 67.5 Å². The lowest BCUT2D eigenvalue weighted by molar-refractivity contribution is -0.185. The van der Waals surface area contributed by atoms with Crippen LogP contribution in [0.3, 0.4) is 0 Å². The molecule has 1 aliphatic carbocycles. The highest BCUT2D eigenvalue weighted by Gasteiger charge is 2.51. The molecule has 1 aromatic heterocycles. The average Bonchev–Trinajstić information content (AvgIpc) is 3.54. The first-order valence-electron chi connectivity index (χ1n) is 13.6. The number of benzene rings is 2. The summed E-state index contributed by atoms with van der Waals surface area (Å²) in [6.07, 6.45) is 5.16. The molecule has 0 radical (unpaired) electrons. The SMILES string of the molecule is [C-]#[N+]C(C)(C)c1ccc(CCC2(C3CCCC3)CC(=O)C(Cc3nc4cc(Cl)ccc4n3C)C(=O)O2)cc1F. The number of imidazole rings is 1. The zero-order valence-corrected chi connectivity index (χ0v) is 23.4. The zero-order valence-electron chi connectivity index (χ0n) is 22.6. The lowest BCUT2D eigenvalue weighted by atomic mass is 9.73. The predicted molar refractivity (Wildman–Crippen MR) is 148 cm³/mol. The van der Waals surface area contributed by atoms with E-state index in [0.717, 1.165) is 42.3 Å². The maximum Gasteiger partial charge on any atom is 0.317 e. The Hall–Kier alpha value is -3.24. The molecule has 8 heteroatoms. The number of hydrogen-bond donors (Lipinski definition) is 0. The number of carbonyl (C=O) groups excluding carboxylic acids is 2. The van der Waals surface area contributed by atoms with Crippen molar-refractivity contribution >= 4 is 34.4 Å². The number of Topliss-reactive ketones (excluding diaryl/α,β-unsaturated/α-hetero) is 1. The van der Waals surface area contributed by atoms with Crippen LogP contribution in [0.5, 0.6) is 0 Å². The number of ketones is 1. The van der Waals surface area contributed by atoms with Gasteiger partial charge in [0.1, 0.15) is 23.2 Å². The molecule has 0 bridgehead atoms. The Morgan fingerprint density at radius 2 is 1.95 bits per heavy atom. The monoisotopic (exact) mass is 549 g/mol. The van der Waals surface area contributed by atoms with Gasteiger partial charge in [0.15, 0.2) is 5.78 Å². The van der Waals surface area contributed by atoms with Crippen molar-refractivity contribution in [3.63, 3.8) is 0 Å². The summed E-state index contributed by atoms with van der Waals surface area (Å²) in [6.45, 7) is 10.8. The van der Waals surface area contributed by atoms with Gasteiger partial charge in [-0.3, -0.25) is 9.59 Å². The van der Waals surface area contributed by atoms with Crippen LogP contribution in [0.4, 0.5) is 4.39 Å². The summed E-state index contributed by atoms with van der Waals surface area (Å²) in [6, 6.07) is 10.4. The largest absolute Gasteiger partial charge is 0.458 e. The molecule has 0 spiro atoms. The van der Waals surface area contributed by atoms with Crippen molar-refractivity contribution < 1.29 is 18.7 Å². The Balaban J connectivity index is 1.36. The van der Waals surface area contributed by atoms with Crippen molar-refractivity contribution in [2.45, 2.75) is 76.4 Å². The number of aryl methyl sites for hydroxylation is 2. The number of fused-ring (bicyclic) bond motifs is 1. The molecule has 1 saturated carbocycles. The summed E-state index contributed by atoms with van der Waals surface area (Å²) in [5.41, 5.74) is 0.890. The van der Waals surface area contributed by atoms with Crippen LogP contribution in [0.2, 0.25) is 5.02 Å². The molecule has 204 valence electrons. The minimum atomic E-state index is -0.945. The summed E-state index contributed by atoms with van der Waals surface area (Å²) in [5, 5.41) is 0.575. The number of rotatable bonds is 7. The van der Waals surface area contributed by atoms with Crippen LogP contribution in [-0.2, 0) is 39.8 Å². The Bertz CT molecular complexity index is 1460. The minimum absolute atomic E-state index is 0.106. The van der Waals surface area contributed by atoms with E-state index in [-0.39, 0.29) is 24.5 Å². The lowest BCUT2D eigenvalue weighted by Crippen LogP contribution is -2.52. The average molecular weight is 550 g/mol. The predicted octanol–water partition coefficient (Wildman–Crippen LogP) is 6.76. The second kappa shape index (κ2) is 10.4. The van der Waals surface area contributed by atoms with Gasteiger partial charge < -0.3 is 14.1 Å². The summed E-state index contributed by atoms with van der Waals surface area (Å²) < 4.78 is 23.0. The summed E-state index contributed by atoms with van der Waals surface area (Å²) >= 11 is 6.12. The summed E-state index contributed by atoms with van der Waals surface area (Å²) in [5.74, 6) is -1.20. The van der Waals surface area contributed by atoms with Crippen molar-refractivity contribution in [3.8, 4) is 0 Å². The van der Waals surface area contributed by atoms with Gasteiger partial charge in [-0.2, -0.15) is 0 Å². The van der Waals surface area contributed by atoms with Gasteiger partial charge in [-0.25, -0.2) is 15.9 Å². The standard InChI is InChI=1S/C31H33ClFN3O3/c1-30(2,34-3)23-11-9-19(15-24(23)33)13-14-31(20-7-5-6-8-20)18-27(37)22(29(38)39-31)17-28-35-25-16-21(32)10-12-26(25)36(28)4/h9-12,15-16,20,22H,5-8,13-14,17-18H2,1-2,4H3. The first-order chi connectivity index (χ1) is 18.5. The van der Waals surface area contributed by atoms with Crippen molar-refractivity contribution in [1.29, 1.82) is 0 Å². The zero-order chi connectivity index (χ0) is 27.9. The van der Waals surface area contributed by atoms with Crippen molar-refractivity contribution in [2.75, 3.05) is 0 Å². The molecule has 1 saturated heterocycles. The number of hydrogen-bond acceptors (Lipinski definition) is 4. The smallest absolute Gasteiger partial charge is 0.317 e. The van der Waals surface area contributed by atoms with Crippen LogP contribution >= 0.6 is 11.6 Å². The molecule has 0 amide bonds. The maximum atomic E-state index is 14.9. The minimum Gasteiger partial charge on any atom is -0.458 e. The Morgan fingerprint density at radius 1 is 1.21 bits per heavy atom. The maximum absolute atomic E-state index is 14.9. The van der Waals surface area contributed by atoms with Crippen LogP contribution in [-0.4, -0.2) is 26.9 Å². The Morgan fingerprint density at radius 3 is 2.62 bits per heavy atom. The number of ether oxygens (including phenoxy) is 1. The molecule has 6 nitrogen and oxygen atoms in total. The second-order valence-electron chi connectivity index (χ2n) is 11.6. The third-order valence-corrected chi connectivity index (χ3v) is 8.92. The van der Waals surface area contributed by atoms with Gasteiger partial charge >= 0.3 is 5.97 Å². The molecule has 3 aromatic rings. The molecule has 5 rings (SSSR count). The lowest BCUT2D eigenvalue weighted by Gasteiger charge is -2.43. The summed E-state index contributed by atoms with van der Waals surface area (Å²) in [4.78, 5) is 35.2. The first kappa shape index (κ1) is 27.3. The molecule has 2 heterocycles. The van der Waals surface area contributed by atoms with E-state index >= 15 is 0 Å². The van der Waals surface area contributed by atoms with E-state index in [9.17, 15) is 14.0 Å². The van der Waals surface area contributed by atoms with Crippen LogP contribution in [0, 0.1) is 24.2 Å². The van der Waals surface area contributed by atoms with Crippen LogP contribution in [0.25, 0.3) is 15.9 Å². The fourth-order valence-corrected chi connectivity index (χ4v) is 6.46. The van der Waals surface area contributed by atoms with E-state index in [2.05, 4.69) is 9.83 Å². The number of esters is 1. The van der Waals surface area contributed by atoms with E-state index in [1.54, 1.807) is 32.0 Å². The number of halogens is 2. The molecule has 2 atom stereocenters. The van der Waals surface area contributed by atoms with E-state index in [1.165, 1.54) is 6.07 Å². The molecule has 2 aromatic carbocycles. The first-order valence-corrected chi connectivity index (χ1v) is 13.9. The fraction of sp³-hybridized carbons (Fsp3) is 0.484. The van der Waals surface area contributed by atoms with Gasteiger partial charge in [0.25, 0.3) is 5.54 Å². The highest BCUT2D eigenvalue weighted by molar-refractivity contribution is 6.31. The third kappa shape index (κ3) is 5.19. The quantitative estimate of drug-likeness (QED) is 0.186. The molecule has 2 fully saturated rings. The number of aromatic nitrogens is 2. The highest BCUT2D eigenvalue weighted by Crippen LogP contribution is 2.45. The van der Waals surface area contributed by atoms with E-state index in [0.29, 0.717) is 29.3 Å². The molecule has 2 unspecified atom stereocenters. The van der Waals surface area contributed by atoms with Gasteiger partial charge in [0.2, 0.25) is 0 Å². The van der Waals surface area contributed by atoms with Crippen LogP contribution in [0.1, 0.15) is 69.3 Å². The van der Waals surface area contributed by atoms with Gasteiger partial charge in [-0.1, -0.05) is 30.5 Å². The van der Waals surface area contributed by atoms with Crippen molar-refractivity contribution in [3.05, 3.63) is 75.6 Å². The van der Waals surface area contributed by atoms with Gasteiger partial charge in [-0.15, -0.1) is 0 Å². The second-order valence-corrected chi connectivity index (χ2v) is 12.0. The highest BCUT2D eigenvalue weighted by atomic mass is 35.5. The Labute approximate surface area is 233 Å². The summed E-state index contributed by atoms with van der Waals surface area (Å²) in [7, 11) is 1.86. The molecular formula is C31H33ClFN3O3. The van der Waals surface area contributed by atoms with E-state index < -0.39 is 28.8 Å². The van der Waals surface area contributed by atoms with Crippen LogP contribution < -0.4 is 0 Å². The molecule has 1 aliphatic heterocycles. The van der Waals surface area contributed by atoms with E-state index in [1.807, 2.05) is 23.7 Å². The normalized spacial score (nSPS) is 22.3. The number of nitrogens with zero attached hydrogens (tertiary/aromatic N) is 3. The van der Waals surface area contributed by atoms with Gasteiger partial charge in [0, 0.05) is 38.8 Å². The van der Waals surface area contributed by atoms with E-state index in [4.69, 9.17) is 22.9 Å².